The van der Waals surface area contributed by atoms with Gasteiger partial charge in [0.2, 0.25) is 5.96 Å². The minimum absolute atomic E-state index is 0.517. The number of nitrogens with two attached hydrogens (primary N) is 1. The van der Waals surface area contributed by atoms with Crippen LogP contribution < -0.4 is 11.3 Å². The van der Waals surface area contributed by atoms with Gasteiger partial charge in [-0.15, -0.1) is 0 Å². The first kappa shape index (κ1) is 13.6. The van der Waals surface area contributed by atoms with Crippen molar-refractivity contribution >= 4 is 5.96 Å². The van der Waals surface area contributed by atoms with E-state index in [1.165, 1.54) is 12.8 Å². The molecule has 2 rings (SSSR count). The third-order valence-corrected chi connectivity index (χ3v) is 3.52. The molecule has 2 aliphatic rings. The Balaban J connectivity index is 1.74. The van der Waals surface area contributed by atoms with Gasteiger partial charge in [-0.05, 0) is 26.9 Å². The van der Waals surface area contributed by atoms with E-state index in [-0.39, 0.29) is 0 Å². The molecular weight excluding hydrogens is 228 g/mol. The average Bonchev–Trinajstić information content (AvgIpc) is 3.18. The summed E-state index contributed by atoms with van der Waals surface area (Å²) >= 11 is 0. The topological polar surface area (TPSA) is 60.1 Å². The maximum Gasteiger partial charge on any atom is 0.208 e. The summed E-state index contributed by atoms with van der Waals surface area (Å²) in [4.78, 5) is 11.6. The molecule has 0 radical (unpaired) electrons. The Labute approximate surface area is 110 Å². The summed E-state index contributed by atoms with van der Waals surface area (Å²) in [6, 6.07) is 0.517. The van der Waals surface area contributed by atoms with E-state index in [1.807, 2.05) is 0 Å². The molecule has 0 unspecified atom stereocenters. The molecule has 6 heteroatoms. The van der Waals surface area contributed by atoms with Crippen molar-refractivity contribution in [2.75, 3.05) is 53.4 Å². The predicted octanol–water partition coefficient (Wildman–Crippen LogP) is -0.853. The van der Waals surface area contributed by atoms with Crippen molar-refractivity contribution in [2.24, 2.45) is 10.8 Å². The Morgan fingerprint density at radius 1 is 1.28 bits per heavy atom. The number of rotatable bonds is 4. The van der Waals surface area contributed by atoms with Crippen LogP contribution in [0.2, 0.25) is 0 Å². The van der Waals surface area contributed by atoms with E-state index >= 15 is 0 Å². The fraction of sp³-hybridized carbons (Fsp3) is 0.917. The van der Waals surface area contributed by atoms with Crippen molar-refractivity contribution in [1.29, 1.82) is 0 Å². The Hall–Kier alpha value is -0.850. The van der Waals surface area contributed by atoms with Gasteiger partial charge in [0.15, 0.2) is 0 Å². The molecule has 0 spiro atoms. The monoisotopic (exact) mass is 254 g/mol. The van der Waals surface area contributed by atoms with Gasteiger partial charge in [-0.1, -0.05) is 0 Å². The van der Waals surface area contributed by atoms with Crippen LogP contribution in [0.4, 0.5) is 0 Å². The van der Waals surface area contributed by atoms with Gasteiger partial charge in [0.05, 0.1) is 6.04 Å². The molecule has 18 heavy (non-hydrogen) atoms. The van der Waals surface area contributed by atoms with Crippen LogP contribution in [0.25, 0.3) is 0 Å². The third kappa shape index (κ3) is 4.12. The van der Waals surface area contributed by atoms with Crippen molar-refractivity contribution in [3.63, 3.8) is 0 Å². The molecule has 6 nitrogen and oxygen atoms in total. The van der Waals surface area contributed by atoms with Crippen molar-refractivity contribution < 1.29 is 0 Å². The zero-order chi connectivity index (χ0) is 13.0. The van der Waals surface area contributed by atoms with Crippen LogP contribution in [0.3, 0.4) is 0 Å². The van der Waals surface area contributed by atoms with Crippen LogP contribution in [-0.2, 0) is 0 Å². The number of nitrogens with one attached hydrogen (secondary N) is 1. The highest BCUT2D eigenvalue weighted by atomic mass is 15.4. The molecule has 1 aliphatic carbocycles. The summed E-state index contributed by atoms with van der Waals surface area (Å²) in [5, 5.41) is 0. The van der Waals surface area contributed by atoms with Crippen molar-refractivity contribution in [3.8, 4) is 0 Å². The Kier molecular flexibility index (Phi) is 4.79. The smallest absolute Gasteiger partial charge is 0.208 e. The Morgan fingerprint density at radius 2 is 1.94 bits per heavy atom. The van der Waals surface area contributed by atoms with Gasteiger partial charge in [-0.25, -0.2) is 10.8 Å². The largest absolute Gasteiger partial charge is 0.339 e. The maximum absolute atomic E-state index is 5.57. The first-order valence-corrected chi connectivity index (χ1v) is 6.85. The number of hydrogen-bond donors (Lipinski definition) is 2. The minimum Gasteiger partial charge on any atom is -0.339 e. The Bertz CT molecular complexity index is 278. The van der Waals surface area contributed by atoms with Gasteiger partial charge in [0, 0.05) is 39.3 Å². The second kappa shape index (κ2) is 6.36. The summed E-state index contributed by atoms with van der Waals surface area (Å²) in [6.07, 6.45) is 2.43. The highest BCUT2D eigenvalue weighted by Crippen LogP contribution is 2.23. The summed E-state index contributed by atoms with van der Waals surface area (Å²) in [7, 11) is 4.24. The van der Waals surface area contributed by atoms with E-state index in [4.69, 9.17) is 5.84 Å². The van der Waals surface area contributed by atoms with E-state index in [1.54, 1.807) is 0 Å². The molecule has 1 heterocycles. The van der Waals surface area contributed by atoms with Gasteiger partial charge in [-0.3, -0.25) is 10.3 Å². The van der Waals surface area contributed by atoms with Gasteiger partial charge in [-0.2, -0.15) is 0 Å². The molecule has 0 aromatic rings. The van der Waals surface area contributed by atoms with Crippen molar-refractivity contribution in [3.05, 3.63) is 0 Å². The molecule has 0 aromatic heterocycles. The molecule has 0 atom stereocenters. The SMILES string of the molecule is CN(C)CCN1CCN(C(=NC2CC2)NN)CC1. The van der Waals surface area contributed by atoms with Gasteiger partial charge in [0.25, 0.3) is 0 Å². The van der Waals surface area contributed by atoms with Crippen molar-refractivity contribution in [1.82, 2.24) is 20.1 Å². The number of likely N-dealkylation sites (N-methyl/N-ethyl adjacent to an activating group) is 1. The van der Waals surface area contributed by atoms with E-state index in [0.717, 1.165) is 45.2 Å². The lowest BCUT2D eigenvalue weighted by molar-refractivity contribution is 0.166. The molecule has 2 fully saturated rings. The van der Waals surface area contributed by atoms with Crippen molar-refractivity contribution in [2.45, 2.75) is 18.9 Å². The number of nitrogens with zero attached hydrogens (tertiary/aromatic N) is 4. The number of aliphatic imine (C=N–C) groups is 1. The molecule has 1 aliphatic heterocycles. The predicted molar refractivity (Wildman–Crippen MR) is 74.3 cm³/mol. The zero-order valence-electron chi connectivity index (χ0n) is 11.6. The van der Waals surface area contributed by atoms with Crippen LogP contribution >= 0.6 is 0 Å². The summed E-state index contributed by atoms with van der Waals surface area (Å²) < 4.78 is 0. The first-order valence-electron chi connectivity index (χ1n) is 6.85. The second-order valence-electron chi connectivity index (χ2n) is 5.46. The van der Waals surface area contributed by atoms with Crippen LogP contribution in [0.5, 0.6) is 0 Å². The van der Waals surface area contributed by atoms with Gasteiger partial charge < -0.3 is 9.80 Å². The normalized spacial score (nSPS) is 22.7. The highest BCUT2D eigenvalue weighted by Gasteiger charge is 2.24. The molecule has 104 valence electrons. The minimum atomic E-state index is 0.517. The van der Waals surface area contributed by atoms with E-state index in [0.29, 0.717) is 6.04 Å². The highest BCUT2D eigenvalue weighted by molar-refractivity contribution is 5.79. The Morgan fingerprint density at radius 3 is 2.44 bits per heavy atom. The number of piperazine rings is 1. The lowest BCUT2D eigenvalue weighted by atomic mass is 10.3. The standard InChI is InChI=1S/C12H26N6/c1-16(2)5-6-17-7-9-18(10-8-17)12(15-13)14-11-3-4-11/h11H,3-10,13H2,1-2H3,(H,14,15). The van der Waals surface area contributed by atoms with E-state index < -0.39 is 0 Å². The molecule has 0 bridgehead atoms. The molecule has 0 aromatic carbocycles. The van der Waals surface area contributed by atoms with Crippen LogP contribution in [0, 0.1) is 0 Å². The van der Waals surface area contributed by atoms with E-state index in [2.05, 4.69) is 39.2 Å². The lowest BCUT2D eigenvalue weighted by Gasteiger charge is -2.36. The summed E-state index contributed by atoms with van der Waals surface area (Å²) in [6.45, 7) is 6.49. The second-order valence-corrected chi connectivity index (χ2v) is 5.46. The summed E-state index contributed by atoms with van der Waals surface area (Å²) in [5.41, 5.74) is 2.76. The van der Waals surface area contributed by atoms with E-state index in [9.17, 15) is 0 Å². The number of guanidine groups is 1. The third-order valence-electron chi connectivity index (χ3n) is 3.52. The number of hydrazine groups is 1. The average molecular weight is 254 g/mol. The van der Waals surface area contributed by atoms with Gasteiger partial charge >= 0.3 is 0 Å². The molecule has 3 N–H and O–H groups in total. The van der Waals surface area contributed by atoms with Gasteiger partial charge in [0.1, 0.15) is 0 Å². The lowest BCUT2D eigenvalue weighted by Crippen LogP contribution is -2.54. The molecular formula is C12H26N6. The van der Waals surface area contributed by atoms with Crippen LogP contribution in [0.1, 0.15) is 12.8 Å². The fourth-order valence-electron chi connectivity index (χ4n) is 2.11. The fourth-order valence-corrected chi connectivity index (χ4v) is 2.11. The zero-order valence-corrected chi connectivity index (χ0v) is 11.6. The first-order chi connectivity index (χ1) is 8.69. The molecule has 0 amide bonds. The summed E-state index contributed by atoms with van der Waals surface area (Å²) in [5.74, 6) is 6.45. The number of hydrogen-bond acceptors (Lipinski definition) is 4. The van der Waals surface area contributed by atoms with Crippen LogP contribution in [-0.4, -0.2) is 80.1 Å². The molecule has 1 saturated heterocycles. The van der Waals surface area contributed by atoms with Crippen LogP contribution in [0.15, 0.2) is 4.99 Å². The molecule has 1 saturated carbocycles. The maximum atomic E-state index is 5.57. The quantitative estimate of drug-likeness (QED) is 0.296.